The molecule has 5 heterocycles. The van der Waals surface area contributed by atoms with Crippen LogP contribution in [-0.4, -0.2) is 93.0 Å². The smallest absolute Gasteiger partial charge is 0.404 e. The molecule has 0 spiro atoms. The number of hydrogen-bond acceptors (Lipinski definition) is 6. The van der Waals surface area contributed by atoms with Gasteiger partial charge in [-0.1, -0.05) is 0 Å². The fourth-order valence-corrected chi connectivity index (χ4v) is 6.67. The molecule has 14 heteroatoms. The Hall–Kier alpha value is -3.29. The zero-order valence-electron chi connectivity index (χ0n) is 23.7. The number of nitrogens with one attached hydrogen (secondary N) is 2. The fraction of sp³-hybridized carbons (Fsp3) is 0.643. The number of hydrogen-bond donors (Lipinski definition) is 2. The minimum atomic E-state index is -4.48. The summed E-state index contributed by atoms with van der Waals surface area (Å²) in [7, 11) is 1.41. The number of ether oxygens (including phenoxy) is 1. The number of amides is 2. The first-order valence-corrected chi connectivity index (χ1v) is 14.1. The second-order valence-corrected chi connectivity index (χ2v) is 12.1. The molecule has 42 heavy (non-hydrogen) atoms. The summed E-state index contributed by atoms with van der Waals surface area (Å²) in [6, 6.07) is 0.209. The molecule has 0 radical (unpaired) electrons. The molecule has 5 rings (SSSR count). The molecular weight excluding hydrogens is 563 g/mol. The molecular formula is C28H35F5N6O3. The van der Waals surface area contributed by atoms with Crippen molar-refractivity contribution in [3.05, 3.63) is 29.8 Å². The summed E-state index contributed by atoms with van der Waals surface area (Å²) in [5.74, 6) is -1.35. The highest BCUT2D eigenvalue weighted by atomic mass is 19.4. The van der Waals surface area contributed by atoms with Crippen LogP contribution >= 0.6 is 0 Å². The van der Waals surface area contributed by atoms with Gasteiger partial charge >= 0.3 is 6.18 Å². The monoisotopic (exact) mass is 598 g/mol. The molecule has 0 aliphatic carbocycles. The number of aromatic nitrogens is 3. The van der Waals surface area contributed by atoms with E-state index in [4.69, 9.17) is 4.74 Å². The molecule has 0 aromatic carbocycles. The van der Waals surface area contributed by atoms with Gasteiger partial charge in [-0.05, 0) is 58.4 Å². The lowest BCUT2D eigenvalue weighted by Gasteiger charge is -2.43. The number of carbonyl (C=O) groups excluding carboxylic acids is 2. The number of fused-ring (bicyclic) bond motifs is 2. The van der Waals surface area contributed by atoms with Crippen LogP contribution < -0.4 is 10.1 Å². The molecule has 2 aromatic rings. The van der Waals surface area contributed by atoms with Crippen LogP contribution in [0.15, 0.2) is 18.3 Å². The molecule has 3 fully saturated rings. The van der Waals surface area contributed by atoms with E-state index in [2.05, 4.69) is 20.5 Å². The first-order chi connectivity index (χ1) is 19.7. The average molecular weight is 599 g/mol. The summed E-state index contributed by atoms with van der Waals surface area (Å²) in [6.45, 7) is 2.02. The maximum atomic E-state index is 14.4. The van der Waals surface area contributed by atoms with Gasteiger partial charge in [0.05, 0.1) is 19.0 Å². The Balaban J connectivity index is 1.22. The first kappa shape index (κ1) is 30.2. The quantitative estimate of drug-likeness (QED) is 0.462. The van der Waals surface area contributed by atoms with E-state index >= 15 is 0 Å². The van der Waals surface area contributed by atoms with Crippen molar-refractivity contribution < 1.29 is 36.3 Å². The third-order valence-electron chi connectivity index (χ3n) is 8.45. The van der Waals surface area contributed by atoms with Crippen LogP contribution in [0.2, 0.25) is 0 Å². The summed E-state index contributed by atoms with van der Waals surface area (Å²) in [6.07, 6.45) is -1.26. The Morgan fingerprint density at radius 3 is 2.40 bits per heavy atom. The van der Waals surface area contributed by atoms with Crippen LogP contribution in [0.1, 0.15) is 62.9 Å². The molecule has 0 saturated carbocycles. The molecule has 2 aromatic heterocycles. The van der Waals surface area contributed by atoms with E-state index in [0.29, 0.717) is 25.7 Å². The van der Waals surface area contributed by atoms with Crippen molar-refractivity contribution >= 4 is 11.8 Å². The summed E-state index contributed by atoms with van der Waals surface area (Å²) < 4.78 is 74.5. The van der Waals surface area contributed by atoms with Crippen molar-refractivity contribution in [1.82, 2.24) is 30.3 Å². The van der Waals surface area contributed by atoms with Crippen molar-refractivity contribution in [2.45, 2.75) is 88.4 Å². The Kier molecular flexibility index (Phi) is 8.20. The minimum absolute atomic E-state index is 0.0838. The Morgan fingerprint density at radius 2 is 1.79 bits per heavy atom. The highest BCUT2D eigenvalue weighted by molar-refractivity contribution is 5.94. The molecule has 4 atom stereocenters. The zero-order valence-corrected chi connectivity index (χ0v) is 23.7. The molecule has 230 valence electrons. The van der Waals surface area contributed by atoms with Gasteiger partial charge in [0.1, 0.15) is 17.4 Å². The highest BCUT2D eigenvalue weighted by Crippen LogP contribution is 2.40. The van der Waals surface area contributed by atoms with Crippen molar-refractivity contribution in [3.8, 4) is 17.1 Å². The van der Waals surface area contributed by atoms with Crippen molar-refractivity contribution in [2.24, 2.45) is 5.92 Å². The van der Waals surface area contributed by atoms with Gasteiger partial charge in [-0.25, -0.2) is 13.8 Å². The maximum absolute atomic E-state index is 14.4. The van der Waals surface area contributed by atoms with Gasteiger partial charge in [-0.2, -0.15) is 18.3 Å². The number of rotatable bonds is 7. The number of pyridine rings is 1. The number of alkyl halides is 4. The van der Waals surface area contributed by atoms with Crippen molar-refractivity contribution in [2.75, 3.05) is 20.2 Å². The Morgan fingerprint density at radius 1 is 1.10 bits per heavy atom. The molecule has 3 aliphatic rings. The van der Waals surface area contributed by atoms with Gasteiger partial charge in [0.25, 0.3) is 5.91 Å². The van der Waals surface area contributed by atoms with Crippen LogP contribution in [0, 0.1) is 11.7 Å². The lowest BCUT2D eigenvalue weighted by molar-refractivity contribution is -0.196. The largest absolute Gasteiger partial charge is 0.481 e. The van der Waals surface area contributed by atoms with E-state index < -0.39 is 35.7 Å². The average Bonchev–Trinajstić information content (AvgIpc) is 3.49. The van der Waals surface area contributed by atoms with Crippen LogP contribution in [0.3, 0.4) is 0 Å². The summed E-state index contributed by atoms with van der Waals surface area (Å²) in [4.78, 5) is 33.4. The van der Waals surface area contributed by atoms with E-state index in [1.54, 1.807) is 4.90 Å². The van der Waals surface area contributed by atoms with Gasteiger partial charge in [0, 0.05) is 48.8 Å². The van der Waals surface area contributed by atoms with Gasteiger partial charge in [-0.15, -0.1) is 0 Å². The number of carbonyl (C=O) groups is 2. The van der Waals surface area contributed by atoms with E-state index in [0.717, 1.165) is 11.1 Å². The minimum Gasteiger partial charge on any atom is -0.481 e. The fourth-order valence-electron chi connectivity index (χ4n) is 6.67. The maximum Gasteiger partial charge on any atom is 0.404 e. The molecule has 3 saturated heterocycles. The lowest BCUT2D eigenvalue weighted by Crippen LogP contribution is -2.59. The van der Waals surface area contributed by atoms with Crippen LogP contribution in [0.4, 0.5) is 22.0 Å². The standard InChI is InChI=1S/C28H35F5N6O3/c1-27(2,30)14-38-13-16(4-7-23(38)28(31,32)33)35-25(40)15-8-17-5-6-18(9-15)39(17)26(41)22-11-21(36-37-22)19-10-24(42-3)34-12-20(19)29/h10-12,15-18,23H,4-9,13-14H2,1-3H3,(H,35,40)(H,36,37)/t15?,16-,17?,18?,23-/m1/s1. The zero-order chi connectivity index (χ0) is 30.4. The highest BCUT2D eigenvalue weighted by Gasteiger charge is 2.49. The molecule has 2 N–H and O–H groups in total. The van der Waals surface area contributed by atoms with Gasteiger partial charge in [0.2, 0.25) is 11.8 Å². The summed E-state index contributed by atoms with van der Waals surface area (Å²) in [5, 5.41) is 9.72. The van der Waals surface area contributed by atoms with Gasteiger partial charge in [0.15, 0.2) is 5.82 Å². The van der Waals surface area contributed by atoms with Gasteiger partial charge < -0.3 is 15.0 Å². The predicted octanol–water partition coefficient (Wildman–Crippen LogP) is 4.26. The van der Waals surface area contributed by atoms with Crippen LogP contribution in [0.5, 0.6) is 5.88 Å². The van der Waals surface area contributed by atoms with E-state index in [1.807, 2.05) is 0 Å². The topological polar surface area (TPSA) is 103 Å². The Labute approximate surface area is 240 Å². The van der Waals surface area contributed by atoms with Crippen LogP contribution in [0.25, 0.3) is 11.3 Å². The molecule has 2 amide bonds. The van der Waals surface area contributed by atoms with Crippen molar-refractivity contribution in [3.63, 3.8) is 0 Å². The molecule has 2 bridgehead atoms. The third kappa shape index (κ3) is 6.37. The SMILES string of the molecule is COc1cc(-c2cc(C(=O)N3C4CCC3CC(C(=O)N[C@@H]3CC[C@H](C(F)(F)F)N(CC(C)(C)F)C3)C4)[nH]n2)c(F)cn1. The van der Waals surface area contributed by atoms with E-state index in [9.17, 15) is 31.5 Å². The Bertz CT molecular complexity index is 1300. The van der Waals surface area contributed by atoms with Crippen molar-refractivity contribution in [1.29, 1.82) is 0 Å². The number of halogens is 5. The molecule has 9 nitrogen and oxygen atoms in total. The normalized spacial score (nSPS) is 26.8. The second-order valence-electron chi connectivity index (χ2n) is 12.1. The van der Waals surface area contributed by atoms with Gasteiger partial charge in [-0.3, -0.25) is 19.6 Å². The molecule has 3 aliphatic heterocycles. The number of aromatic amines is 1. The summed E-state index contributed by atoms with van der Waals surface area (Å²) in [5.41, 5.74) is -1.27. The number of nitrogens with zero attached hydrogens (tertiary/aromatic N) is 4. The summed E-state index contributed by atoms with van der Waals surface area (Å²) >= 11 is 0. The number of likely N-dealkylation sites (tertiary alicyclic amines) is 1. The third-order valence-corrected chi connectivity index (χ3v) is 8.45. The number of H-pyrrole nitrogens is 1. The number of methoxy groups -OCH3 is 1. The van der Waals surface area contributed by atoms with Crippen LogP contribution in [-0.2, 0) is 4.79 Å². The number of piperidine rings is 2. The predicted molar refractivity (Wildman–Crippen MR) is 142 cm³/mol. The lowest BCUT2D eigenvalue weighted by atomic mass is 9.88. The second kappa shape index (κ2) is 11.4. The van der Waals surface area contributed by atoms with E-state index in [1.165, 1.54) is 33.1 Å². The molecule has 2 unspecified atom stereocenters. The first-order valence-electron chi connectivity index (χ1n) is 14.1. The van der Waals surface area contributed by atoms with E-state index in [-0.39, 0.29) is 72.7 Å².